The van der Waals surface area contributed by atoms with E-state index in [2.05, 4.69) is 24.5 Å². The molecular formula is C76H140N2O33. The zero-order valence-corrected chi connectivity index (χ0v) is 65.3. The first-order chi connectivity index (χ1) is 53.2. The minimum absolute atomic E-state index is 0.0873. The Balaban J connectivity index is 1.27. The van der Waals surface area contributed by atoms with Gasteiger partial charge in [-0.05, 0) is 12.8 Å². The number of hydrogen-bond donors (Lipinski definition) is 22. The molecule has 5 aliphatic heterocycles. The number of nitrogens with one attached hydrogen (secondary N) is 2. The fraction of sp³-hybridized carbons (Fsp3) is 0.961. The van der Waals surface area contributed by atoms with Crippen LogP contribution in [0.1, 0.15) is 239 Å². The maximum Gasteiger partial charge on any atom is 0.364 e. The molecule has 111 heavy (non-hydrogen) atoms. The van der Waals surface area contributed by atoms with Gasteiger partial charge >= 0.3 is 5.97 Å². The van der Waals surface area contributed by atoms with Gasteiger partial charge in [-0.2, -0.15) is 0 Å². The average molecular weight is 1610 g/mol. The number of amides is 2. The Bertz CT molecular complexity index is 2490. The monoisotopic (exact) mass is 1610 g/mol. The lowest BCUT2D eigenvalue weighted by Gasteiger charge is -2.52. The SMILES string of the molecule is CCCCCCCCCCCCCCCCCCCCCC[C@@H](O)C(=O)N[C@@H](CO[C@@H]1O[C@H](CO)[C@@H](O[C@@H]2O[C@H](CO)[C@H](O)[C@H](O[C@]3(C(=O)O)C[C@H](O[C@H]4O[C@H](CO)[C@H](O)[C@H](O[C@@H]5O[C@H]([C@H](O)CO)[C@@H](O)[C@@H]5O)[C@H]4O)[C@@H](NC(C)=O)[C@H]([C@H](O)[C@H](O)CO)O3)[C@H]2O)[C@H](O)[C@H]1O)[C@H](O)[C@H](O)CCCCCCCCCCCCC. The van der Waals surface area contributed by atoms with Crippen LogP contribution in [0.4, 0.5) is 0 Å². The highest BCUT2D eigenvalue weighted by Crippen LogP contribution is 2.42. The summed E-state index contributed by atoms with van der Waals surface area (Å²) in [7, 11) is 0. The van der Waals surface area contributed by atoms with Crippen LogP contribution < -0.4 is 10.6 Å². The third kappa shape index (κ3) is 30.8. The summed E-state index contributed by atoms with van der Waals surface area (Å²) in [5.41, 5.74) is 0. The van der Waals surface area contributed by atoms with Crippen molar-refractivity contribution >= 4 is 17.8 Å². The molecule has 35 heteroatoms. The van der Waals surface area contributed by atoms with Crippen molar-refractivity contribution in [1.82, 2.24) is 10.6 Å². The molecule has 0 spiro atoms. The Labute approximate surface area is 652 Å². The van der Waals surface area contributed by atoms with E-state index in [0.29, 0.717) is 12.8 Å². The summed E-state index contributed by atoms with van der Waals surface area (Å²) in [5.74, 6) is -7.46. The van der Waals surface area contributed by atoms with Crippen LogP contribution in [0.15, 0.2) is 0 Å². The number of aliphatic carboxylic acids is 1. The second kappa shape index (κ2) is 52.9. The van der Waals surface area contributed by atoms with Crippen LogP contribution >= 0.6 is 0 Å². The number of carboxylic acids is 1. The normalized spacial score (nSPS) is 33.9. The second-order valence-electron chi connectivity index (χ2n) is 30.9. The number of ether oxygens (including phenoxy) is 10. The van der Waals surface area contributed by atoms with Gasteiger partial charge in [0.15, 0.2) is 25.2 Å². The van der Waals surface area contributed by atoms with Crippen LogP contribution in [0.5, 0.6) is 0 Å². The van der Waals surface area contributed by atoms with E-state index in [1.807, 2.05) is 0 Å². The topological polar surface area (TPSA) is 572 Å². The molecule has 5 fully saturated rings. The maximum absolute atomic E-state index is 13.9. The van der Waals surface area contributed by atoms with Gasteiger partial charge < -0.3 is 160 Å². The Kier molecular flexibility index (Phi) is 47.1. The van der Waals surface area contributed by atoms with Crippen molar-refractivity contribution in [2.75, 3.05) is 39.6 Å². The molecule has 0 unspecified atom stereocenters. The highest BCUT2D eigenvalue weighted by atomic mass is 16.8. The van der Waals surface area contributed by atoms with Crippen LogP contribution in [0.2, 0.25) is 0 Å². The first kappa shape index (κ1) is 98.8. The van der Waals surface area contributed by atoms with Crippen molar-refractivity contribution < 1.29 is 164 Å². The summed E-state index contributed by atoms with van der Waals surface area (Å²) < 4.78 is 58.3. The van der Waals surface area contributed by atoms with Crippen LogP contribution in [0.25, 0.3) is 0 Å². The fourth-order valence-corrected chi connectivity index (χ4v) is 15.1. The molecule has 0 saturated carbocycles. The molecule has 0 aromatic carbocycles. The van der Waals surface area contributed by atoms with E-state index in [0.717, 1.165) is 71.1 Å². The third-order valence-electron chi connectivity index (χ3n) is 22.0. The number of aliphatic hydroxyl groups is 19. The predicted octanol–water partition coefficient (Wildman–Crippen LogP) is -1.07. The summed E-state index contributed by atoms with van der Waals surface area (Å²) in [6.07, 6.45) is -21.1. The minimum atomic E-state index is -3.43. The van der Waals surface area contributed by atoms with Crippen LogP contribution in [0.3, 0.4) is 0 Å². The fourth-order valence-electron chi connectivity index (χ4n) is 15.1. The molecule has 35 nitrogen and oxygen atoms in total. The number of aliphatic hydroxyl groups excluding tert-OH is 19. The first-order valence-corrected chi connectivity index (χ1v) is 41.1. The second-order valence-corrected chi connectivity index (χ2v) is 30.9. The van der Waals surface area contributed by atoms with Crippen molar-refractivity contribution in [2.45, 2.75) is 423 Å². The molecular weight excluding hydrogens is 1470 g/mol. The molecule has 30 atom stereocenters. The number of carbonyl (C=O) groups is 3. The lowest BCUT2D eigenvalue weighted by Crippen LogP contribution is -2.72. The Morgan fingerprint density at radius 3 is 1.33 bits per heavy atom. The predicted molar refractivity (Wildman–Crippen MR) is 393 cm³/mol. The van der Waals surface area contributed by atoms with E-state index in [1.54, 1.807) is 0 Å². The first-order valence-electron chi connectivity index (χ1n) is 41.1. The van der Waals surface area contributed by atoms with E-state index >= 15 is 0 Å². The van der Waals surface area contributed by atoms with Gasteiger partial charge in [-0.25, -0.2) is 4.79 Å². The van der Waals surface area contributed by atoms with Gasteiger partial charge in [0.25, 0.3) is 5.79 Å². The van der Waals surface area contributed by atoms with Crippen molar-refractivity contribution in [3.05, 3.63) is 0 Å². The smallest absolute Gasteiger partial charge is 0.364 e. The molecule has 22 N–H and O–H groups in total. The molecule has 0 aromatic rings. The Hall–Kier alpha value is -2.75. The number of carbonyl (C=O) groups excluding carboxylic acids is 2. The quantitative estimate of drug-likeness (QED) is 0.0322. The molecule has 0 aliphatic carbocycles. The summed E-state index contributed by atoms with van der Waals surface area (Å²) in [4.78, 5) is 40.6. The van der Waals surface area contributed by atoms with Crippen LogP contribution in [-0.2, 0) is 61.8 Å². The van der Waals surface area contributed by atoms with Crippen molar-refractivity contribution in [2.24, 2.45) is 0 Å². The summed E-state index contributed by atoms with van der Waals surface area (Å²) in [5, 5.41) is 226. The number of unbranched alkanes of at least 4 members (excludes halogenated alkanes) is 29. The molecule has 5 aliphatic rings. The molecule has 5 rings (SSSR count). The largest absolute Gasteiger partial charge is 0.477 e. The summed E-state index contributed by atoms with van der Waals surface area (Å²) >= 11 is 0. The van der Waals surface area contributed by atoms with E-state index in [4.69, 9.17) is 47.4 Å². The molecule has 5 saturated heterocycles. The summed E-state index contributed by atoms with van der Waals surface area (Å²) in [6, 6.07) is -3.37. The van der Waals surface area contributed by atoms with Crippen molar-refractivity contribution in [3.8, 4) is 0 Å². The van der Waals surface area contributed by atoms with E-state index < -0.39 is 247 Å². The van der Waals surface area contributed by atoms with E-state index in [1.165, 1.54) is 122 Å². The Morgan fingerprint density at radius 2 is 0.874 bits per heavy atom. The Morgan fingerprint density at radius 1 is 0.450 bits per heavy atom. The summed E-state index contributed by atoms with van der Waals surface area (Å²) in [6.45, 7) is -0.908. The molecule has 0 radical (unpaired) electrons. The molecule has 5 heterocycles. The number of rotatable bonds is 58. The molecule has 0 bridgehead atoms. The van der Waals surface area contributed by atoms with Gasteiger partial charge in [0.2, 0.25) is 11.8 Å². The van der Waals surface area contributed by atoms with Gasteiger partial charge in [0.05, 0.1) is 63.9 Å². The number of hydrogen-bond acceptors (Lipinski definition) is 32. The van der Waals surface area contributed by atoms with Crippen molar-refractivity contribution in [1.29, 1.82) is 0 Å². The zero-order valence-electron chi connectivity index (χ0n) is 65.3. The average Bonchev–Trinajstić information content (AvgIpc) is 1.52. The van der Waals surface area contributed by atoms with Gasteiger partial charge in [-0.15, -0.1) is 0 Å². The van der Waals surface area contributed by atoms with E-state index in [9.17, 15) is 117 Å². The lowest BCUT2D eigenvalue weighted by molar-refractivity contribution is -0.393. The molecule has 0 aromatic heterocycles. The highest BCUT2D eigenvalue weighted by Gasteiger charge is 2.62. The van der Waals surface area contributed by atoms with Gasteiger partial charge in [-0.1, -0.05) is 213 Å². The van der Waals surface area contributed by atoms with Gasteiger partial charge in [0, 0.05) is 13.3 Å². The third-order valence-corrected chi connectivity index (χ3v) is 22.0. The molecule has 2 amide bonds. The zero-order chi connectivity index (χ0) is 81.7. The minimum Gasteiger partial charge on any atom is -0.477 e. The van der Waals surface area contributed by atoms with Gasteiger partial charge in [-0.3, -0.25) is 9.59 Å². The lowest BCUT2D eigenvalue weighted by atomic mass is 9.87. The van der Waals surface area contributed by atoms with Crippen molar-refractivity contribution in [3.63, 3.8) is 0 Å². The highest BCUT2D eigenvalue weighted by molar-refractivity contribution is 5.80. The van der Waals surface area contributed by atoms with E-state index in [-0.39, 0.29) is 12.8 Å². The molecule has 652 valence electrons. The maximum atomic E-state index is 13.9. The number of carboxylic acid groups (broad SMARTS) is 1. The van der Waals surface area contributed by atoms with Crippen LogP contribution in [0, 0.1) is 0 Å². The standard InChI is InChI=1S/C76H140N2O33/c1-4-6-8-10-12-14-16-17-18-19-20-21-22-23-24-26-28-30-32-34-36-47(86)70(99)78-45(55(89)46(85)35-33-31-29-27-25-15-13-11-9-7-5-2)43-102-71-61(95)60(94)66(53(42-83)106-71)108-74-64(98)69(58(92)52(41-82)105-74)111-76(75(100)101)37-50(54(77-44(3)84)67(110-76)56(90)48(87)38-79)103-73-63(97)68(57(91)51(40-81)104-73)109-72-62(96)59(93)65(107-72)49(88)39-80/h45-69,71-74,79-83,85-98H,4-43H2,1-3H3,(H,77,84)(H,78,99)(H,100,101)/t45-,46+,47+,48+,49+,50-,51+,52+,53+,54+,55-,56+,57-,58-,59-,60+,61+,62-,63+,64+,65+,66+,67+,68-,69-,71+,72-,73-,74-,76-/m0/s1. The van der Waals surface area contributed by atoms with Gasteiger partial charge in [0.1, 0.15) is 128 Å². The van der Waals surface area contributed by atoms with Crippen LogP contribution in [-0.4, -0.2) is 343 Å².